The molecule has 0 aliphatic heterocycles. The van der Waals surface area contributed by atoms with E-state index in [1.165, 1.54) is 16.3 Å². The predicted molar refractivity (Wildman–Crippen MR) is 41.8 cm³/mol. The van der Waals surface area contributed by atoms with Crippen LogP contribution < -0.4 is 0 Å². The molecule has 0 aliphatic rings. The van der Waals surface area contributed by atoms with Crippen LogP contribution in [0.3, 0.4) is 0 Å². The van der Waals surface area contributed by atoms with Crippen LogP contribution in [-0.4, -0.2) is 22.4 Å². The Kier molecular flexibility index (Phi) is 74.9. The summed E-state index contributed by atoms with van der Waals surface area (Å²) in [4.78, 5) is 16.7. The normalized spacial score (nSPS) is 4.40. The minimum absolute atomic E-state index is 0.750. The lowest BCUT2D eigenvalue weighted by molar-refractivity contribution is 0.562. The van der Waals surface area contributed by atoms with Gasteiger partial charge in [-0.05, 0) is 6.04 Å². The maximum absolute atomic E-state index is 8.35. The monoisotopic (exact) mass is 158 g/mol. The molecule has 0 amide bonds. The summed E-state index contributed by atoms with van der Waals surface area (Å²) in [5.41, 5.74) is 0. The SMILES string of the molecule is C=CC[SiH3].N=C=O.N=C=O. The van der Waals surface area contributed by atoms with Crippen molar-refractivity contribution >= 4 is 22.4 Å². The first-order valence-electron chi connectivity index (χ1n) is 2.43. The summed E-state index contributed by atoms with van der Waals surface area (Å²) in [5.74, 6) is 0. The molecular weight excluding hydrogens is 148 g/mol. The quantitative estimate of drug-likeness (QED) is 0.239. The summed E-state index contributed by atoms with van der Waals surface area (Å²) < 4.78 is 0. The predicted octanol–water partition coefficient (Wildman–Crippen LogP) is -0.242. The van der Waals surface area contributed by atoms with Crippen LogP contribution in [0.1, 0.15) is 0 Å². The molecular formula is C5H10N2O2Si. The summed E-state index contributed by atoms with van der Waals surface area (Å²) in [7, 11) is 1.27. The standard InChI is InChI=1S/C3H8Si.2CHNO/c1-2-3-4;2*2-1-3/h2H,1,3H2,4H3;2*2H. The van der Waals surface area contributed by atoms with E-state index in [4.69, 9.17) is 20.4 Å². The van der Waals surface area contributed by atoms with Crippen molar-refractivity contribution in [3.8, 4) is 0 Å². The lowest BCUT2D eigenvalue weighted by atomic mass is 10.8. The molecule has 4 nitrogen and oxygen atoms in total. The van der Waals surface area contributed by atoms with E-state index in [-0.39, 0.29) is 0 Å². The lowest BCUT2D eigenvalue weighted by Gasteiger charge is -1.57. The highest BCUT2D eigenvalue weighted by Crippen LogP contribution is 1.61. The maximum Gasteiger partial charge on any atom is 0.231 e. The van der Waals surface area contributed by atoms with E-state index in [1.807, 2.05) is 6.08 Å². The number of nitrogens with one attached hydrogen (secondary N) is 2. The summed E-state index contributed by atoms with van der Waals surface area (Å²) in [6, 6.07) is 1.22. The Labute approximate surface area is 62.4 Å². The second-order valence-electron chi connectivity index (χ2n) is 0.901. The van der Waals surface area contributed by atoms with Crippen molar-refractivity contribution < 1.29 is 9.59 Å². The summed E-state index contributed by atoms with van der Waals surface area (Å²) in [6.45, 7) is 3.51. The largest absolute Gasteiger partial charge is 0.231 e. The smallest absolute Gasteiger partial charge is 0.222 e. The van der Waals surface area contributed by atoms with E-state index >= 15 is 0 Å². The number of allylic oxidation sites excluding steroid dienone is 1. The molecule has 0 atom stereocenters. The van der Waals surface area contributed by atoms with Crippen LogP contribution in [0.2, 0.25) is 6.04 Å². The summed E-state index contributed by atoms with van der Waals surface area (Å²) >= 11 is 0. The third-order valence-corrected chi connectivity index (χ3v) is 0.866. The Hall–Kier alpha value is -1.28. The first-order chi connectivity index (χ1) is 4.74. The topological polar surface area (TPSA) is 81.8 Å². The Balaban J connectivity index is -0.0000000750. The van der Waals surface area contributed by atoms with Crippen LogP contribution in [0.15, 0.2) is 12.7 Å². The van der Waals surface area contributed by atoms with E-state index in [9.17, 15) is 0 Å². The van der Waals surface area contributed by atoms with Crippen molar-refractivity contribution in [2.75, 3.05) is 0 Å². The van der Waals surface area contributed by atoms with Gasteiger partial charge in [0.05, 0.1) is 0 Å². The number of hydrogen-bond donors (Lipinski definition) is 2. The lowest BCUT2D eigenvalue weighted by Crippen LogP contribution is -1.47. The number of hydrogen-bond acceptors (Lipinski definition) is 4. The molecule has 0 aromatic carbocycles. The van der Waals surface area contributed by atoms with Crippen molar-refractivity contribution in [2.45, 2.75) is 6.04 Å². The van der Waals surface area contributed by atoms with E-state index in [2.05, 4.69) is 6.58 Å². The molecule has 0 saturated heterocycles. The van der Waals surface area contributed by atoms with Crippen LogP contribution in [-0.2, 0) is 9.59 Å². The maximum atomic E-state index is 8.35. The van der Waals surface area contributed by atoms with Crippen molar-refractivity contribution in [1.29, 1.82) is 10.8 Å². The first-order valence-corrected chi connectivity index (χ1v) is 3.85. The van der Waals surface area contributed by atoms with E-state index < -0.39 is 0 Å². The van der Waals surface area contributed by atoms with Crippen molar-refractivity contribution in [1.82, 2.24) is 0 Å². The molecule has 0 spiro atoms. The van der Waals surface area contributed by atoms with Crippen LogP contribution in [0.25, 0.3) is 0 Å². The minimum atomic E-state index is 0.750. The molecule has 56 valence electrons. The number of carbonyl (C=O) groups excluding carboxylic acids is 2. The van der Waals surface area contributed by atoms with Gasteiger partial charge in [-0.1, -0.05) is 6.08 Å². The van der Waals surface area contributed by atoms with Gasteiger partial charge in [0.25, 0.3) is 0 Å². The molecule has 0 radical (unpaired) electrons. The number of rotatable bonds is 1. The van der Waals surface area contributed by atoms with Crippen molar-refractivity contribution in [2.24, 2.45) is 0 Å². The molecule has 0 fully saturated rings. The van der Waals surface area contributed by atoms with Gasteiger partial charge in [0.15, 0.2) is 0 Å². The highest BCUT2D eigenvalue weighted by molar-refractivity contribution is 6.09. The molecule has 0 aliphatic carbocycles. The van der Waals surface area contributed by atoms with Gasteiger partial charge < -0.3 is 0 Å². The molecule has 0 aromatic heterocycles. The molecule has 0 aromatic rings. The van der Waals surface area contributed by atoms with E-state index in [0.717, 1.165) is 12.2 Å². The zero-order valence-corrected chi connectivity index (χ0v) is 7.81. The Morgan fingerprint density at radius 2 is 1.50 bits per heavy atom. The van der Waals surface area contributed by atoms with Crippen LogP contribution in [0.5, 0.6) is 0 Å². The van der Waals surface area contributed by atoms with Gasteiger partial charge in [-0.25, -0.2) is 20.4 Å². The van der Waals surface area contributed by atoms with E-state index in [1.54, 1.807) is 0 Å². The summed E-state index contributed by atoms with van der Waals surface area (Å²) in [6.07, 6.45) is 3.44. The molecule has 2 N–H and O–H groups in total. The molecule has 0 bridgehead atoms. The Morgan fingerprint density at radius 1 is 1.40 bits per heavy atom. The van der Waals surface area contributed by atoms with Gasteiger partial charge in [-0.2, -0.15) is 0 Å². The summed E-state index contributed by atoms with van der Waals surface area (Å²) in [5, 5.41) is 10.8. The highest BCUT2D eigenvalue weighted by Gasteiger charge is 1.46. The zero-order chi connectivity index (χ0) is 8.83. The van der Waals surface area contributed by atoms with Gasteiger partial charge in [-0.3, -0.25) is 0 Å². The average molecular weight is 158 g/mol. The second-order valence-corrected chi connectivity index (χ2v) is 1.72. The van der Waals surface area contributed by atoms with Crippen LogP contribution in [0.4, 0.5) is 0 Å². The van der Waals surface area contributed by atoms with Gasteiger partial charge in [-0.15, -0.1) is 6.58 Å². The second kappa shape index (κ2) is 47.2. The third-order valence-electron chi connectivity index (χ3n) is 0.289. The highest BCUT2D eigenvalue weighted by atomic mass is 28.1. The third kappa shape index (κ3) is 2740. The Bertz CT molecular complexity index is 112. The van der Waals surface area contributed by atoms with Crippen molar-refractivity contribution in [3.05, 3.63) is 12.7 Å². The van der Waals surface area contributed by atoms with E-state index in [0.29, 0.717) is 0 Å². The number of isocyanates is 2. The molecule has 5 heteroatoms. The van der Waals surface area contributed by atoms with Crippen molar-refractivity contribution in [3.63, 3.8) is 0 Å². The molecule has 10 heavy (non-hydrogen) atoms. The van der Waals surface area contributed by atoms with Crippen LogP contribution in [0, 0.1) is 10.8 Å². The fourth-order valence-electron chi connectivity index (χ4n) is 0. The average Bonchev–Trinajstić information content (AvgIpc) is 1.91. The van der Waals surface area contributed by atoms with Gasteiger partial charge >= 0.3 is 0 Å². The van der Waals surface area contributed by atoms with Gasteiger partial charge in [0.2, 0.25) is 12.2 Å². The Morgan fingerprint density at radius 3 is 1.50 bits per heavy atom. The molecule has 0 heterocycles. The molecule has 0 rings (SSSR count). The zero-order valence-electron chi connectivity index (χ0n) is 5.81. The van der Waals surface area contributed by atoms with Gasteiger partial charge in [0.1, 0.15) is 0 Å². The molecule has 0 saturated carbocycles. The van der Waals surface area contributed by atoms with Gasteiger partial charge in [0, 0.05) is 10.2 Å². The molecule has 0 unspecified atom stereocenters. The minimum Gasteiger partial charge on any atom is -0.222 e. The van der Waals surface area contributed by atoms with Crippen LogP contribution >= 0.6 is 0 Å². The first kappa shape index (κ1) is 15.9. The fourth-order valence-corrected chi connectivity index (χ4v) is 0. The fraction of sp³-hybridized carbons (Fsp3) is 0.200.